The molecule has 0 heterocycles. The van der Waals surface area contributed by atoms with Gasteiger partial charge >= 0.3 is 6.18 Å². The van der Waals surface area contributed by atoms with Gasteiger partial charge in [0.05, 0.1) is 11.3 Å². The number of para-hydroxylation sites is 1. The molecule has 31 heavy (non-hydrogen) atoms. The minimum atomic E-state index is -4.45. The largest absolute Gasteiger partial charge is 0.418 e. The predicted octanol–water partition coefficient (Wildman–Crippen LogP) is 4.90. The van der Waals surface area contributed by atoms with E-state index >= 15 is 0 Å². The van der Waals surface area contributed by atoms with E-state index in [-0.39, 0.29) is 24.0 Å². The van der Waals surface area contributed by atoms with Crippen molar-refractivity contribution in [2.75, 3.05) is 5.32 Å². The lowest BCUT2D eigenvalue weighted by molar-refractivity contribution is -0.137. The van der Waals surface area contributed by atoms with Crippen molar-refractivity contribution in [1.82, 2.24) is 10.6 Å². The number of halogens is 3. The Balaban J connectivity index is 1.55. The van der Waals surface area contributed by atoms with Gasteiger partial charge in [-0.15, -0.1) is 0 Å². The molecule has 0 spiro atoms. The molecule has 1 saturated carbocycles. The van der Waals surface area contributed by atoms with Gasteiger partial charge in [0.25, 0.3) is 0 Å². The van der Waals surface area contributed by atoms with E-state index < -0.39 is 17.3 Å². The van der Waals surface area contributed by atoms with Crippen LogP contribution in [0.1, 0.15) is 50.2 Å². The van der Waals surface area contributed by atoms with Crippen LogP contribution in [0.25, 0.3) is 0 Å². The number of carbonyl (C=O) groups is 2. The standard InChI is InChI=1S/C23H26F3N3O2/c1-2-3-8-20(30)29-22(13-14-22)21(31)27-15-16-9-11-17(12-10-16)28-19-7-5-4-6-18(19)23(24,25)26/h4-7,9-12,28H,2-3,8,13-15H2,1H3,(H,27,31)(H,29,30). The van der Waals surface area contributed by atoms with Gasteiger partial charge in [0, 0.05) is 18.7 Å². The topological polar surface area (TPSA) is 70.2 Å². The molecule has 2 aromatic rings. The summed E-state index contributed by atoms with van der Waals surface area (Å²) in [6.45, 7) is 2.27. The van der Waals surface area contributed by atoms with Crippen LogP contribution < -0.4 is 16.0 Å². The van der Waals surface area contributed by atoms with Crippen LogP contribution in [0.2, 0.25) is 0 Å². The molecule has 2 aromatic carbocycles. The number of hydrogen-bond donors (Lipinski definition) is 3. The summed E-state index contributed by atoms with van der Waals surface area (Å²) in [6.07, 6.45) is -1.08. The maximum atomic E-state index is 13.1. The molecule has 0 bridgehead atoms. The highest BCUT2D eigenvalue weighted by molar-refractivity contribution is 5.94. The summed E-state index contributed by atoms with van der Waals surface area (Å²) in [5.74, 6) is -0.317. The quantitative estimate of drug-likeness (QED) is 0.527. The van der Waals surface area contributed by atoms with Crippen LogP contribution in [0.15, 0.2) is 48.5 Å². The lowest BCUT2D eigenvalue weighted by Gasteiger charge is -2.17. The molecule has 8 heteroatoms. The van der Waals surface area contributed by atoms with Gasteiger partial charge in [-0.2, -0.15) is 13.2 Å². The number of unbranched alkanes of at least 4 members (excludes halogenated alkanes) is 1. The highest BCUT2D eigenvalue weighted by atomic mass is 19.4. The summed E-state index contributed by atoms with van der Waals surface area (Å²) in [4.78, 5) is 24.4. The first-order valence-corrected chi connectivity index (χ1v) is 10.3. The Morgan fingerprint density at radius 2 is 1.71 bits per heavy atom. The molecule has 166 valence electrons. The van der Waals surface area contributed by atoms with Crippen molar-refractivity contribution in [3.05, 3.63) is 59.7 Å². The fraction of sp³-hybridized carbons (Fsp3) is 0.391. The zero-order valence-electron chi connectivity index (χ0n) is 17.3. The summed E-state index contributed by atoms with van der Waals surface area (Å²) in [5.41, 5.74) is -0.245. The Kier molecular flexibility index (Phi) is 6.87. The highest BCUT2D eigenvalue weighted by Crippen LogP contribution is 2.36. The first-order chi connectivity index (χ1) is 14.7. The zero-order valence-corrected chi connectivity index (χ0v) is 17.3. The molecular formula is C23H26F3N3O2. The minimum absolute atomic E-state index is 0.0226. The van der Waals surface area contributed by atoms with E-state index in [2.05, 4.69) is 16.0 Å². The van der Waals surface area contributed by atoms with Crippen molar-refractivity contribution in [2.24, 2.45) is 0 Å². The molecular weight excluding hydrogens is 407 g/mol. The second-order valence-corrected chi connectivity index (χ2v) is 7.78. The van der Waals surface area contributed by atoms with Crippen molar-refractivity contribution in [2.45, 2.75) is 57.3 Å². The van der Waals surface area contributed by atoms with Crippen LogP contribution in [-0.4, -0.2) is 17.4 Å². The van der Waals surface area contributed by atoms with Crippen molar-refractivity contribution in [1.29, 1.82) is 0 Å². The summed E-state index contributed by atoms with van der Waals surface area (Å²) < 4.78 is 39.4. The lowest BCUT2D eigenvalue weighted by Crippen LogP contribution is -2.48. The predicted molar refractivity (Wildman–Crippen MR) is 113 cm³/mol. The third-order valence-electron chi connectivity index (χ3n) is 5.24. The molecule has 2 amide bonds. The van der Waals surface area contributed by atoms with Gasteiger partial charge in [-0.3, -0.25) is 9.59 Å². The number of hydrogen-bond acceptors (Lipinski definition) is 3. The number of alkyl halides is 3. The van der Waals surface area contributed by atoms with Gasteiger partial charge in [-0.25, -0.2) is 0 Å². The third kappa shape index (κ3) is 5.99. The van der Waals surface area contributed by atoms with Crippen LogP contribution in [0.5, 0.6) is 0 Å². The van der Waals surface area contributed by atoms with E-state index in [1.165, 1.54) is 18.2 Å². The van der Waals surface area contributed by atoms with E-state index in [0.29, 0.717) is 24.9 Å². The Labute approximate surface area is 179 Å². The van der Waals surface area contributed by atoms with Crippen LogP contribution in [0.4, 0.5) is 24.5 Å². The molecule has 1 aliphatic carbocycles. The van der Waals surface area contributed by atoms with E-state index in [0.717, 1.165) is 24.5 Å². The molecule has 1 aliphatic rings. The van der Waals surface area contributed by atoms with Crippen LogP contribution in [0, 0.1) is 0 Å². The monoisotopic (exact) mass is 433 g/mol. The van der Waals surface area contributed by atoms with Gasteiger partial charge in [0.1, 0.15) is 5.54 Å². The fourth-order valence-electron chi connectivity index (χ4n) is 3.25. The van der Waals surface area contributed by atoms with Crippen LogP contribution >= 0.6 is 0 Å². The summed E-state index contributed by atoms with van der Waals surface area (Å²) in [7, 11) is 0. The third-order valence-corrected chi connectivity index (χ3v) is 5.24. The maximum absolute atomic E-state index is 13.1. The zero-order chi connectivity index (χ0) is 22.5. The first-order valence-electron chi connectivity index (χ1n) is 10.3. The van der Waals surface area contributed by atoms with E-state index in [1.807, 2.05) is 6.92 Å². The summed E-state index contributed by atoms with van der Waals surface area (Å²) in [5, 5.41) is 8.47. The summed E-state index contributed by atoms with van der Waals surface area (Å²) >= 11 is 0. The average molecular weight is 433 g/mol. The number of nitrogens with one attached hydrogen (secondary N) is 3. The molecule has 3 rings (SSSR count). The Morgan fingerprint density at radius 3 is 2.32 bits per heavy atom. The smallest absolute Gasteiger partial charge is 0.355 e. The van der Waals surface area contributed by atoms with Crippen molar-refractivity contribution in [3.8, 4) is 0 Å². The second-order valence-electron chi connectivity index (χ2n) is 7.78. The van der Waals surface area contributed by atoms with Crippen LogP contribution in [0.3, 0.4) is 0 Å². The molecule has 0 unspecified atom stereocenters. The van der Waals surface area contributed by atoms with E-state index in [9.17, 15) is 22.8 Å². The van der Waals surface area contributed by atoms with Gasteiger partial charge in [0.2, 0.25) is 11.8 Å². The number of carbonyl (C=O) groups excluding carboxylic acids is 2. The second kappa shape index (κ2) is 9.41. The van der Waals surface area contributed by atoms with Crippen molar-refractivity contribution in [3.63, 3.8) is 0 Å². The lowest BCUT2D eigenvalue weighted by atomic mass is 10.1. The maximum Gasteiger partial charge on any atom is 0.418 e. The number of benzene rings is 2. The van der Waals surface area contributed by atoms with Gasteiger partial charge < -0.3 is 16.0 Å². The molecule has 3 N–H and O–H groups in total. The molecule has 0 aliphatic heterocycles. The van der Waals surface area contributed by atoms with Crippen molar-refractivity contribution >= 4 is 23.2 Å². The normalized spacial score (nSPS) is 14.6. The highest BCUT2D eigenvalue weighted by Gasteiger charge is 2.50. The minimum Gasteiger partial charge on any atom is -0.355 e. The van der Waals surface area contributed by atoms with Gasteiger partial charge in [0.15, 0.2) is 0 Å². The molecule has 5 nitrogen and oxygen atoms in total. The SMILES string of the molecule is CCCCC(=O)NC1(C(=O)NCc2ccc(Nc3ccccc3C(F)(F)F)cc2)CC1. The molecule has 1 fully saturated rings. The Hall–Kier alpha value is -3.03. The van der Waals surface area contributed by atoms with Crippen molar-refractivity contribution < 1.29 is 22.8 Å². The van der Waals surface area contributed by atoms with Crippen LogP contribution in [-0.2, 0) is 22.3 Å². The Morgan fingerprint density at radius 1 is 1.03 bits per heavy atom. The van der Waals surface area contributed by atoms with Gasteiger partial charge in [-0.05, 0) is 49.1 Å². The molecule has 0 atom stereocenters. The first kappa shape index (κ1) is 22.7. The molecule has 0 aromatic heterocycles. The van der Waals surface area contributed by atoms with E-state index in [1.54, 1.807) is 24.3 Å². The molecule has 0 saturated heterocycles. The van der Waals surface area contributed by atoms with E-state index in [4.69, 9.17) is 0 Å². The Bertz CT molecular complexity index is 922. The van der Waals surface area contributed by atoms with Gasteiger partial charge in [-0.1, -0.05) is 37.6 Å². The number of rotatable bonds is 9. The summed E-state index contributed by atoms with van der Waals surface area (Å²) in [6, 6.07) is 12.1. The fourth-order valence-corrected chi connectivity index (χ4v) is 3.25. The number of amides is 2. The number of anilines is 2. The average Bonchev–Trinajstić information content (AvgIpc) is 3.51. The molecule has 0 radical (unpaired) electrons.